The molecule has 2 heterocycles. The summed E-state index contributed by atoms with van der Waals surface area (Å²) in [7, 11) is 3.69. The van der Waals surface area contributed by atoms with Gasteiger partial charge in [0.05, 0.1) is 11.0 Å². The Labute approximate surface area is 103 Å². The Morgan fingerprint density at radius 1 is 1.11 bits per heavy atom. The highest BCUT2D eigenvalue weighted by Gasteiger charge is 2.14. The summed E-state index contributed by atoms with van der Waals surface area (Å²) < 4.78 is 3.66. The van der Waals surface area contributed by atoms with Crippen LogP contribution < -0.4 is 5.43 Å². The number of benzene rings is 1. The van der Waals surface area contributed by atoms with Crippen molar-refractivity contribution in [3.05, 3.63) is 46.2 Å². The first-order valence-electron chi connectivity index (χ1n) is 5.62. The molecule has 0 bridgehead atoms. The van der Waals surface area contributed by atoms with Crippen molar-refractivity contribution in [2.45, 2.75) is 0 Å². The molecule has 0 saturated heterocycles. The van der Waals surface area contributed by atoms with Crippen molar-refractivity contribution in [2.75, 3.05) is 0 Å². The molecule has 0 aliphatic heterocycles. The molecule has 4 nitrogen and oxygen atoms in total. The number of aromatic nitrogens is 2. The first-order valence-corrected chi connectivity index (χ1v) is 5.62. The Morgan fingerprint density at radius 2 is 1.83 bits per heavy atom. The van der Waals surface area contributed by atoms with Crippen molar-refractivity contribution in [1.29, 1.82) is 5.26 Å². The van der Waals surface area contributed by atoms with Crippen molar-refractivity contribution in [1.82, 2.24) is 9.13 Å². The van der Waals surface area contributed by atoms with E-state index < -0.39 is 0 Å². The number of rotatable bonds is 0. The molecule has 2 aromatic heterocycles. The zero-order valence-electron chi connectivity index (χ0n) is 10.1. The van der Waals surface area contributed by atoms with Crippen LogP contribution in [0.2, 0.25) is 0 Å². The number of fused-ring (bicyclic) bond motifs is 3. The second-order valence-electron chi connectivity index (χ2n) is 4.34. The van der Waals surface area contributed by atoms with Crippen LogP contribution in [0.3, 0.4) is 0 Å². The Bertz CT molecular complexity index is 878. The zero-order chi connectivity index (χ0) is 12.9. The summed E-state index contributed by atoms with van der Waals surface area (Å²) >= 11 is 0. The van der Waals surface area contributed by atoms with Gasteiger partial charge < -0.3 is 9.13 Å². The lowest BCUT2D eigenvalue weighted by molar-refractivity contribution is 0.921. The molecule has 0 N–H and O–H groups in total. The van der Waals surface area contributed by atoms with E-state index in [1.165, 1.54) is 6.07 Å². The van der Waals surface area contributed by atoms with Crippen LogP contribution >= 0.6 is 0 Å². The normalized spacial score (nSPS) is 10.9. The standard InChI is InChI=1S/C14H11N3O/c1-16-9(8-15)7-12(18)14-13(16)10-5-3-4-6-11(10)17(14)2/h3-7H,1-2H3. The second-order valence-corrected chi connectivity index (χ2v) is 4.34. The molecule has 0 atom stereocenters. The molecule has 1 aromatic carbocycles. The predicted molar refractivity (Wildman–Crippen MR) is 70.4 cm³/mol. The predicted octanol–water partition coefficient (Wildman–Crippen LogP) is 1.90. The number of hydrogen-bond donors (Lipinski definition) is 0. The SMILES string of the molecule is Cn1c(C#N)cc(=O)c2c1c1ccccc1n2C. The van der Waals surface area contributed by atoms with Crippen LogP contribution in [0, 0.1) is 11.3 Å². The molecule has 0 aliphatic carbocycles. The molecule has 3 rings (SSSR count). The Morgan fingerprint density at radius 3 is 2.56 bits per heavy atom. The van der Waals surface area contributed by atoms with Gasteiger partial charge >= 0.3 is 0 Å². The molecule has 0 fully saturated rings. The van der Waals surface area contributed by atoms with E-state index in [0.717, 1.165) is 16.4 Å². The summed E-state index contributed by atoms with van der Waals surface area (Å²) in [6.45, 7) is 0. The molecule has 4 heteroatoms. The van der Waals surface area contributed by atoms with E-state index in [1.807, 2.05) is 42.9 Å². The Hall–Kier alpha value is -2.54. The van der Waals surface area contributed by atoms with Crippen LogP contribution in [0.15, 0.2) is 35.1 Å². The Kier molecular flexibility index (Phi) is 2.05. The van der Waals surface area contributed by atoms with Gasteiger partial charge in [-0.25, -0.2) is 0 Å². The van der Waals surface area contributed by atoms with E-state index in [1.54, 1.807) is 4.57 Å². The number of para-hydroxylation sites is 1. The van der Waals surface area contributed by atoms with Gasteiger partial charge in [-0.15, -0.1) is 0 Å². The lowest BCUT2D eigenvalue weighted by Gasteiger charge is -2.04. The van der Waals surface area contributed by atoms with Crippen LogP contribution in [0.25, 0.3) is 21.9 Å². The fourth-order valence-corrected chi connectivity index (χ4v) is 2.51. The average Bonchev–Trinajstić information content (AvgIpc) is 2.69. The van der Waals surface area contributed by atoms with E-state index in [2.05, 4.69) is 6.07 Å². The third kappa shape index (κ3) is 1.16. The maximum Gasteiger partial charge on any atom is 0.207 e. The Balaban J connectivity index is 2.75. The van der Waals surface area contributed by atoms with Crippen molar-refractivity contribution < 1.29 is 0 Å². The van der Waals surface area contributed by atoms with Crippen LogP contribution in [0.1, 0.15) is 5.69 Å². The van der Waals surface area contributed by atoms with Gasteiger partial charge in [0, 0.05) is 25.5 Å². The first-order chi connectivity index (χ1) is 8.65. The molecule has 18 heavy (non-hydrogen) atoms. The summed E-state index contributed by atoms with van der Waals surface area (Å²) in [5.41, 5.74) is 2.72. The third-order valence-corrected chi connectivity index (χ3v) is 3.39. The number of nitriles is 1. The van der Waals surface area contributed by atoms with Crippen LogP contribution in [-0.4, -0.2) is 9.13 Å². The van der Waals surface area contributed by atoms with Crippen molar-refractivity contribution >= 4 is 21.9 Å². The summed E-state index contributed by atoms with van der Waals surface area (Å²) in [6, 6.07) is 11.3. The number of nitrogens with zero attached hydrogens (tertiary/aromatic N) is 3. The van der Waals surface area contributed by atoms with Gasteiger partial charge in [-0.05, 0) is 6.07 Å². The molecule has 0 unspecified atom stereocenters. The van der Waals surface area contributed by atoms with Gasteiger partial charge in [-0.2, -0.15) is 5.26 Å². The highest BCUT2D eigenvalue weighted by molar-refractivity contribution is 6.06. The molecular formula is C14H11N3O. The minimum atomic E-state index is -0.113. The van der Waals surface area contributed by atoms with E-state index in [-0.39, 0.29) is 5.43 Å². The molecule has 0 aliphatic rings. The first kappa shape index (κ1) is 10.6. The molecular weight excluding hydrogens is 226 g/mol. The lowest BCUT2D eigenvalue weighted by atomic mass is 10.2. The fraction of sp³-hybridized carbons (Fsp3) is 0.143. The lowest BCUT2D eigenvalue weighted by Crippen LogP contribution is -2.11. The van der Waals surface area contributed by atoms with E-state index >= 15 is 0 Å². The third-order valence-electron chi connectivity index (χ3n) is 3.39. The minimum absolute atomic E-state index is 0.113. The largest absolute Gasteiger partial charge is 0.339 e. The monoisotopic (exact) mass is 237 g/mol. The quantitative estimate of drug-likeness (QED) is 0.599. The van der Waals surface area contributed by atoms with E-state index in [0.29, 0.717) is 11.2 Å². The minimum Gasteiger partial charge on any atom is -0.339 e. The van der Waals surface area contributed by atoms with Gasteiger partial charge in [-0.1, -0.05) is 18.2 Å². The molecule has 3 aromatic rings. The van der Waals surface area contributed by atoms with Gasteiger partial charge in [0.1, 0.15) is 17.3 Å². The van der Waals surface area contributed by atoms with Gasteiger partial charge in [-0.3, -0.25) is 4.79 Å². The average molecular weight is 237 g/mol. The molecule has 0 radical (unpaired) electrons. The number of hydrogen-bond acceptors (Lipinski definition) is 2. The van der Waals surface area contributed by atoms with Gasteiger partial charge in [0.2, 0.25) is 5.43 Å². The zero-order valence-corrected chi connectivity index (χ0v) is 10.1. The summed E-state index contributed by atoms with van der Waals surface area (Å²) in [5.74, 6) is 0. The highest BCUT2D eigenvalue weighted by atomic mass is 16.1. The van der Waals surface area contributed by atoms with Crippen LogP contribution in [-0.2, 0) is 14.1 Å². The molecule has 0 amide bonds. The molecule has 88 valence electrons. The maximum atomic E-state index is 12.1. The molecule has 0 saturated carbocycles. The topological polar surface area (TPSA) is 50.7 Å². The van der Waals surface area contributed by atoms with Crippen molar-refractivity contribution in [2.24, 2.45) is 14.1 Å². The van der Waals surface area contributed by atoms with Crippen LogP contribution in [0.4, 0.5) is 0 Å². The second kappa shape index (κ2) is 3.47. The number of pyridine rings is 1. The number of aryl methyl sites for hydroxylation is 2. The van der Waals surface area contributed by atoms with Crippen molar-refractivity contribution in [3.8, 4) is 6.07 Å². The van der Waals surface area contributed by atoms with Gasteiger partial charge in [0.15, 0.2) is 0 Å². The summed E-state index contributed by atoms with van der Waals surface area (Å²) in [6.07, 6.45) is 0. The van der Waals surface area contributed by atoms with Crippen LogP contribution in [0.5, 0.6) is 0 Å². The summed E-state index contributed by atoms with van der Waals surface area (Å²) in [4.78, 5) is 12.1. The van der Waals surface area contributed by atoms with E-state index in [9.17, 15) is 4.79 Å². The highest BCUT2D eigenvalue weighted by Crippen LogP contribution is 2.25. The summed E-state index contributed by atoms with van der Waals surface area (Å²) in [5, 5.41) is 10.1. The van der Waals surface area contributed by atoms with Gasteiger partial charge in [0.25, 0.3) is 0 Å². The van der Waals surface area contributed by atoms with Crippen molar-refractivity contribution in [3.63, 3.8) is 0 Å². The smallest absolute Gasteiger partial charge is 0.207 e. The maximum absolute atomic E-state index is 12.1. The van der Waals surface area contributed by atoms with E-state index in [4.69, 9.17) is 5.26 Å². The molecule has 0 spiro atoms. The fourth-order valence-electron chi connectivity index (χ4n) is 2.51.